The third kappa shape index (κ3) is 5.50. The van der Waals surface area contributed by atoms with Gasteiger partial charge in [-0.15, -0.1) is 0 Å². The number of hydrogen-bond donors (Lipinski definition) is 1. The van der Waals surface area contributed by atoms with Crippen LogP contribution in [0.3, 0.4) is 0 Å². The van der Waals surface area contributed by atoms with Crippen LogP contribution in [-0.4, -0.2) is 20.9 Å². The Morgan fingerprint density at radius 1 is 1.04 bits per heavy atom. The second kappa shape index (κ2) is 7.39. The third-order valence-electron chi connectivity index (χ3n) is 3.23. The maximum absolute atomic E-state index is 12.0. The lowest BCUT2D eigenvalue weighted by atomic mass is 10.2. The van der Waals surface area contributed by atoms with E-state index in [2.05, 4.69) is 4.72 Å². The van der Waals surface area contributed by atoms with Gasteiger partial charge in [0.05, 0.1) is 5.75 Å². The Morgan fingerprint density at radius 2 is 1.70 bits per heavy atom. The Balaban J connectivity index is 1.90. The lowest BCUT2D eigenvalue weighted by molar-refractivity contribution is -0.133. The molecule has 6 heteroatoms. The van der Waals surface area contributed by atoms with Crippen molar-refractivity contribution in [3.8, 4) is 5.75 Å². The minimum atomic E-state index is -3.60. The number of esters is 1. The summed E-state index contributed by atoms with van der Waals surface area (Å²) in [6, 6.07) is 14.2. The summed E-state index contributed by atoms with van der Waals surface area (Å²) < 4.78 is 31.4. The number of hydrogen-bond acceptors (Lipinski definition) is 4. The molecule has 0 aliphatic carbocycles. The smallest absolute Gasteiger partial charge is 0.326 e. The molecular weight excluding hydrogens is 314 g/mol. The third-order valence-corrected chi connectivity index (χ3v) is 4.53. The number of carbonyl (C=O) groups excluding carboxylic acids is 1. The number of benzene rings is 2. The average Bonchev–Trinajstić information content (AvgIpc) is 2.50. The molecule has 0 amide bonds. The summed E-state index contributed by atoms with van der Waals surface area (Å²) in [5, 5.41) is 0. The minimum absolute atomic E-state index is 0.176. The summed E-state index contributed by atoms with van der Waals surface area (Å²) in [6.45, 7) is 3.34. The standard InChI is InChI=1S/C17H19NO4S/c1-13-7-9-15(10-8-13)12-23(20,21)18-11-17(19)22-16-6-4-3-5-14(16)2/h3-10,18H,11-12H2,1-2H3. The molecule has 2 rings (SSSR count). The molecule has 0 aliphatic rings. The summed E-state index contributed by atoms with van der Waals surface area (Å²) in [4.78, 5) is 11.8. The first-order valence-corrected chi connectivity index (χ1v) is 8.80. The van der Waals surface area contributed by atoms with E-state index in [1.54, 1.807) is 24.3 Å². The summed E-state index contributed by atoms with van der Waals surface area (Å²) in [7, 11) is -3.60. The molecule has 0 aromatic heterocycles. The number of carbonyl (C=O) groups is 1. The van der Waals surface area contributed by atoms with Crippen LogP contribution in [0, 0.1) is 13.8 Å². The van der Waals surface area contributed by atoms with E-state index in [0.717, 1.165) is 11.1 Å². The zero-order valence-corrected chi connectivity index (χ0v) is 13.9. The maximum atomic E-state index is 12.0. The van der Waals surface area contributed by atoms with Crippen LogP contribution in [0.25, 0.3) is 0 Å². The number of para-hydroxylation sites is 1. The zero-order chi connectivity index (χ0) is 16.9. The minimum Gasteiger partial charge on any atom is -0.425 e. The molecule has 122 valence electrons. The Labute approximate surface area is 136 Å². The Kier molecular flexibility index (Phi) is 5.52. The zero-order valence-electron chi connectivity index (χ0n) is 13.1. The monoisotopic (exact) mass is 333 g/mol. The topological polar surface area (TPSA) is 72.5 Å². The van der Waals surface area contributed by atoms with Gasteiger partial charge >= 0.3 is 5.97 Å². The van der Waals surface area contributed by atoms with Gasteiger partial charge < -0.3 is 4.74 Å². The van der Waals surface area contributed by atoms with Crippen LogP contribution < -0.4 is 9.46 Å². The number of sulfonamides is 1. The molecule has 0 heterocycles. The maximum Gasteiger partial charge on any atom is 0.326 e. The van der Waals surface area contributed by atoms with Crippen LogP contribution in [0.4, 0.5) is 0 Å². The molecule has 0 fully saturated rings. The van der Waals surface area contributed by atoms with Gasteiger partial charge in [-0.3, -0.25) is 4.79 Å². The lowest BCUT2D eigenvalue weighted by Gasteiger charge is -2.09. The van der Waals surface area contributed by atoms with Gasteiger partial charge in [0.25, 0.3) is 0 Å². The number of ether oxygens (including phenoxy) is 1. The molecular formula is C17H19NO4S. The molecule has 5 nitrogen and oxygen atoms in total. The summed E-state index contributed by atoms with van der Waals surface area (Å²) in [5.41, 5.74) is 2.53. The SMILES string of the molecule is Cc1ccc(CS(=O)(=O)NCC(=O)Oc2ccccc2C)cc1. The van der Waals surface area contributed by atoms with Crippen LogP contribution in [0.1, 0.15) is 16.7 Å². The predicted octanol–water partition coefficient (Wildman–Crippen LogP) is 2.33. The molecule has 2 aromatic carbocycles. The van der Waals surface area contributed by atoms with E-state index in [1.807, 2.05) is 38.1 Å². The molecule has 0 spiro atoms. The highest BCUT2D eigenvalue weighted by Gasteiger charge is 2.15. The molecule has 0 saturated carbocycles. The second-order valence-electron chi connectivity index (χ2n) is 5.31. The molecule has 0 atom stereocenters. The van der Waals surface area contributed by atoms with Gasteiger partial charge in [0.15, 0.2) is 0 Å². The van der Waals surface area contributed by atoms with Gasteiger partial charge in [0.1, 0.15) is 12.3 Å². The second-order valence-corrected chi connectivity index (χ2v) is 7.11. The Hall–Kier alpha value is -2.18. The van der Waals surface area contributed by atoms with E-state index in [1.165, 1.54) is 0 Å². The number of rotatable bonds is 6. The van der Waals surface area contributed by atoms with Crippen LogP contribution in [0.5, 0.6) is 5.75 Å². The largest absolute Gasteiger partial charge is 0.425 e. The van der Waals surface area contributed by atoms with Crippen molar-refractivity contribution in [2.75, 3.05) is 6.54 Å². The first kappa shape index (κ1) is 17.2. The molecule has 0 saturated heterocycles. The summed E-state index contributed by atoms with van der Waals surface area (Å²) in [5.74, 6) is -0.396. The molecule has 23 heavy (non-hydrogen) atoms. The molecule has 2 aromatic rings. The quantitative estimate of drug-likeness (QED) is 0.650. The van der Waals surface area contributed by atoms with Crippen molar-refractivity contribution in [2.45, 2.75) is 19.6 Å². The fourth-order valence-corrected chi connectivity index (χ4v) is 3.02. The van der Waals surface area contributed by atoms with Gasteiger partial charge in [-0.25, -0.2) is 13.1 Å². The molecule has 0 aliphatic heterocycles. The highest BCUT2D eigenvalue weighted by Crippen LogP contribution is 2.16. The molecule has 0 bridgehead atoms. The van der Waals surface area contributed by atoms with Crippen LogP contribution >= 0.6 is 0 Å². The first-order valence-electron chi connectivity index (χ1n) is 7.15. The van der Waals surface area contributed by atoms with E-state index >= 15 is 0 Å². The van der Waals surface area contributed by atoms with Gasteiger partial charge in [-0.05, 0) is 31.0 Å². The van der Waals surface area contributed by atoms with Crippen molar-refractivity contribution in [3.05, 3.63) is 65.2 Å². The van der Waals surface area contributed by atoms with Gasteiger partial charge in [-0.1, -0.05) is 48.0 Å². The van der Waals surface area contributed by atoms with Crippen LogP contribution in [0.2, 0.25) is 0 Å². The highest BCUT2D eigenvalue weighted by molar-refractivity contribution is 7.88. The summed E-state index contributed by atoms with van der Waals surface area (Å²) >= 11 is 0. The lowest BCUT2D eigenvalue weighted by Crippen LogP contribution is -2.32. The van der Waals surface area contributed by atoms with Gasteiger partial charge in [0, 0.05) is 0 Å². The molecule has 0 radical (unpaired) electrons. The molecule has 0 unspecified atom stereocenters. The van der Waals surface area contributed by atoms with E-state index in [9.17, 15) is 13.2 Å². The van der Waals surface area contributed by atoms with Crippen molar-refractivity contribution in [3.63, 3.8) is 0 Å². The normalized spacial score (nSPS) is 11.2. The fourth-order valence-electron chi connectivity index (χ4n) is 1.95. The summed E-state index contributed by atoms with van der Waals surface area (Å²) in [6.07, 6.45) is 0. The van der Waals surface area contributed by atoms with Crippen LogP contribution in [-0.2, 0) is 20.6 Å². The van der Waals surface area contributed by atoms with E-state index < -0.39 is 22.5 Å². The van der Waals surface area contributed by atoms with Crippen molar-refractivity contribution < 1.29 is 17.9 Å². The van der Waals surface area contributed by atoms with Crippen molar-refractivity contribution >= 4 is 16.0 Å². The Bertz CT molecular complexity index is 782. The van der Waals surface area contributed by atoms with E-state index in [4.69, 9.17) is 4.74 Å². The predicted molar refractivity (Wildman–Crippen MR) is 88.6 cm³/mol. The van der Waals surface area contributed by atoms with E-state index in [0.29, 0.717) is 11.3 Å². The van der Waals surface area contributed by atoms with Gasteiger partial charge in [0.2, 0.25) is 10.0 Å². The van der Waals surface area contributed by atoms with Crippen molar-refractivity contribution in [1.29, 1.82) is 0 Å². The number of nitrogens with one attached hydrogen (secondary N) is 1. The number of aryl methyl sites for hydroxylation is 2. The average molecular weight is 333 g/mol. The van der Waals surface area contributed by atoms with Gasteiger partial charge in [-0.2, -0.15) is 0 Å². The fraction of sp³-hybridized carbons (Fsp3) is 0.235. The van der Waals surface area contributed by atoms with E-state index in [-0.39, 0.29) is 5.75 Å². The van der Waals surface area contributed by atoms with Crippen LogP contribution in [0.15, 0.2) is 48.5 Å². The first-order chi connectivity index (χ1) is 10.9. The Morgan fingerprint density at radius 3 is 2.35 bits per heavy atom. The van der Waals surface area contributed by atoms with Crippen molar-refractivity contribution in [1.82, 2.24) is 4.72 Å². The van der Waals surface area contributed by atoms with Crippen molar-refractivity contribution in [2.24, 2.45) is 0 Å². The highest BCUT2D eigenvalue weighted by atomic mass is 32.2. The molecule has 1 N–H and O–H groups in total.